The summed E-state index contributed by atoms with van der Waals surface area (Å²) in [7, 11) is 0. The lowest BCUT2D eigenvalue weighted by Gasteiger charge is -2.09. The summed E-state index contributed by atoms with van der Waals surface area (Å²) in [4.78, 5) is 0. The molecule has 124 valence electrons. The molecule has 2 aromatic heterocycles. The molecular weight excluding hydrogens is 342 g/mol. The number of hydrogen-bond donors (Lipinski definition) is 1. The van der Waals surface area contributed by atoms with E-state index in [1.54, 1.807) is 4.68 Å². The van der Waals surface area contributed by atoms with Gasteiger partial charge >= 0.3 is 0 Å². The monoisotopic (exact) mass is 359 g/mol. The Balaban J connectivity index is 2.00. The van der Waals surface area contributed by atoms with E-state index in [-0.39, 0.29) is 0 Å². The average molecular weight is 360 g/mol. The smallest absolute Gasteiger partial charge is 0.216 e. The molecule has 0 atom stereocenters. The molecule has 1 aromatic carbocycles. The van der Waals surface area contributed by atoms with E-state index >= 15 is 0 Å². The van der Waals surface area contributed by atoms with Crippen LogP contribution in [0.4, 0.5) is 0 Å². The Bertz CT molecular complexity index is 947. The molecule has 7 heteroatoms. The number of halogens is 1. The Hall–Kier alpha value is -2.18. The van der Waals surface area contributed by atoms with Crippen molar-refractivity contribution in [2.75, 3.05) is 0 Å². The molecule has 0 saturated carbocycles. The number of aryl methyl sites for hydroxylation is 2. The SMILES string of the molecule is CCc1n[nH]c(=S)n1/N=C\c1cc(C)n(-c2ccc(Cl)cc2)c1C. The quantitative estimate of drug-likeness (QED) is 0.552. The summed E-state index contributed by atoms with van der Waals surface area (Å²) in [5, 5.41) is 12.1. The molecule has 1 N–H and O–H groups in total. The average Bonchev–Trinajstić information content (AvgIpc) is 3.06. The van der Waals surface area contributed by atoms with E-state index in [9.17, 15) is 0 Å². The van der Waals surface area contributed by atoms with Crippen molar-refractivity contribution in [3.8, 4) is 5.69 Å². The lowest BCUT2D eigenvalue weighted by Crippen LogP contribution is -2.00. The van der Waals surface area contributed by atoms with Crippen LogP contribution in [0, 0.1) is 18.6 Å². The fourth-order valence-electron chi connectivity index (χ4n) is 2.70. The lowest BCUT2D eigenvalue weighted by molar-refractivity contribution is 0.780. The van der Waals surface area contributed by atoms with Crippen molar-refractivity contribution in [3.63, 3.8) is 0 Å². The molecule has 0 fully saturated rings. The van der Waals surface area contributed by atoms with Crippen molar-refractivity contribution in [1.29, 1.82) is 0 Å². The third-order valence-electron chi connectivity index (χ3n) is 3.90. The number of aromatic amines is 1. The van der Waals surface area contributed by atoms with Crippen LogP contribution in [0.3, 0.4) is 0 Å². The number of benzene rings is 1. The summed E-state index contributed by atoms with van der Waals surface area (Å²) >= 11 is 11.2. The van der Waals surface area contributed by atoms with Crippen LogP contribution >= 0.6 is 23.8 Å². The number of aromatic nitrogens is 4. The lowest BCUT2D eigenvalue weighted by atomic mass is 10.2. The molecular formula is C17H18ClN5S. The highest BCUT2D eigenvalue weighted by Crippen LogP contribution is 2.21. The van der Waals surface area contributed by atoms with Gasteiger partial charge in [0, 0.05) is 34.1 Å². The fraction of sp³-hybridized carbons (Fsp3) is 0.235. The van der Waals surface area contributed by atoms with E-state index in [0.717, 1.165) is 39.9 Å². The minimum atomic E-state index is 0.495. The van der Waals surface area contributed by atoms with Crippen LogP contribution in [-0.2, 0) is 6.42 Å². The van der Waals surface area contributed by atoms with Gasteiger partial charge in [0.25, 0.3) is 0 Å². The highest BCUT2D eigenvalue weighted by Gasteiger charge is 2.10. The first-order valence-corrected chi connectivity index (χ1v) is 8.45. The van der Waals surface area contributed by atoms with Gasteiger partial charge in [0.2, 0.25) is 4.77 Å². The van der Waals surface area contributed by atoms with E-state index in [2.05, 4.69) is 39.8 Å². The highest BCUT2D eigenvalue weighted by atomic mass is 35.5. The third kappa shape index (κ3) is 3.07. The maximum atomic E-state index is 5.98. The molecule has 5 nitrogen and oxygen atoms in total. The summed E-state index contributed by atoms with van der Waals surface area (Å²) < 4.78 is 4.33. The minimum absolute atomic E-state index is 0.495. The van der Waals surface area contributed by atoms with Crippen LogP contribution in [0.2, 0.25) is 5.02 Å². The summed E-state index contributed by atoms with van der Waals surface area (Å²) in [6.07, 6.45) is 2.58. The Kier molecular flexibility index (Phi) is 4.69. The number of nitrogens with zero attached hydrogens (tertiary/aromatic N) is 4. The summed E-state index contributed by atoms with van der Waals surface area (Å²) in [6, 6.07) is 9.89. The van der Waals surface area contributed by atoms with E-state index in [1.807, 2.05) is 37.4 Å². The second-order valence-electron chi connectivity index (χ2n) is 5.49. The third-order valence-corrected chi connectivity index (χ3v) is 4.42. The zero-order valence-corrected chi connectivity index (χ0v) is 15.3. The molecule has 0 aliphatic heterocycles. The van der Waals surface area contributed by atoms with E-state index in [4.69, 9.17) is 23.8 Å². The normalized spacial score (nSPS) is 11.5. The van der Waals surface area contributed by atoms with Gasteiger partial charge in [0.05, 0.1) is 6.21 Å². The molecule has 0 saturated heterocycles. The van der Waals surface area contributed by atoms with E-state index < -0.39 is 0 Å². The summed E-state index contributed by atoms with van der Waals surface area (Å²) in [5.74, 6) is 0.808. The summed E-state index contributed by atoms with van der Waals surface area (Å²) in [6.45, 7) is 6.15. The standard InChI is InChI=1S/C17H18ClN5S/c1-4-16-20-21-17(24)23(16)19-10-13-9-11(2)22(12(13)3)15-7-5-14(18)6-8-15/h5-10H,4H2,1-3H3,(H,21,24)/b19-10-. The zero-order chi connectivity index (χ0) is 17.3. The van der Waals surface area contributed by atoms with Gasteiger partial charge in [0.15, 0.2) is 5.82 Å². The van der Waals surface area contributed by atoms with Crippen LogP contribution in [-0.4, -0.2) is 25.7 Å². The van der Waals surface area contributed by atoms with Gasteiger partial charge in [-0.1, -0.05) is 18.5 Å². The van der Waals surface area contributed by atoms with Crippen LogP contribution < -0.4 is 0 Å². The fourth-order valence-corrected chi connectivity index (χ4v) is 3.02. The van der Waals surface area contributed by atoms with Crippen molar-refractivity contribution in [2.45, 2.75) is 27.2 Å². The predicted molar refractivity (Wildman–Crippen MR) is 100 cm³/mol. The Morgan fingerprint density at radius 3 is 2.67 bits per heavy atom. The number of hydrogen-bond acceptors (Lipinski definition) is 3. The molecule has 24 heavy (non-hydrogen) atoms. The Labute approximate surface area is 150 Å². The van der Waals surface area contributed by atoms with Crippen LogP contribution in [0.25, 0.3) is 5.69 Å². The Morgan fingerprint density at radius 2 is 2.00 bits per heavy atom. The maximum Gasteiger partial charge on any atom is 0.216 e. The van der Waals surface area contributed by atoms with Crippen molar-refractivity contribution in [1.82, 2.24) is 19.4 Å². The Morgan fingerprint density at radius 1 is 1.29 bits per heavy atom. The molecule has 0 unspecified atom stereocenters. The number of H-pyrrole nitrogens is 1. The van der Waals surface area contributed by atoms with Gasteiger partial charge in [0.1, 0.15) is 0 Å². The molecule has 0 aliphatic carbocycles. The van der Waals surface area contributed by atoms with E-state index in [0.29, 0.717) is 4.77 Å². The van der Waals surface area contributed by atoms with Gasteiger partial charge in [-0.15, -0.1) is 0 Å². The van der Waals surface area contributed by atoms with Gasteiger partial charge in [-0.2, -0.15) is 14.9 Å². The largest absolute Gasteiger partial charge is 0.318 e. The maximum absolute atomic E-state index is 5.98. The van der Waals surface area contributed by atoms with E-state index in [1.165, 1.54) is 0 Å². The number of rotatable bonds is 4. The zero-order valence-electron chi connectivity index (χ0n) is 13.7. The first-order valence-electron chi connectivity index (χ1n) is 7.66. The molecule has 0 spiro atoms. The van der Waals surface area contributed by atoms with Crippen molar-refractivity contribution in [3.05, 3.63) is 62.9 Å². The molecule has 3 rings (SSSR count). The van der Waals surface area contributed by atoms with Crippen LogP contribution in [0.1, 0.15) is 29.7 Å². The second kappa shape index (κ2) is 6.75. The predicted octanol–water partition coefficient (Wildman–Crippen LogP) is 4.45. The molecule has 2 heterocycles. The van der Waals surface area contributed by atoms with Gasteiger partial charge in [-0.3, -0.25) is 5.10 Å². The second-order valence-corrected chi connectivity index (χ2v) is 6.32. The molecule has 0 aliphatic rings. The van der Waals surface area contributed by atoms with Crippen LogP contribution in [0.5, 0.6) is 0 Å². The molecule has 0 bridgehead atoms. The van der Waals surface area contributed by atoms with Crippen molar-refractivity contribution >= 4 is 30.0 Å². The van der Waals surface area contributed by atoms with Gasteiger partial charge < -0.3 is 4.57 Å². The molecule has 3 aromatic rings. The highest BCUT2D eigenvalue weighted by molar-refractivity contribution is 7.71. The van der Waals surface area contributed by atoms with Crippen molar-refractivity contribution < 1.29 is 0 Å². The summed E-state index contributed by atoms with van der Waals surface area (Å²) in [5.41, 5.74) is 4.34. The van der Waals surface area contributed by atoms with Gasteiger partial charge in [-0.25, -0.2) is 0 Å². The topological polar surface area (TPSA) is 50.9 Å². The first kappa shape index (κ1) is 16.7. The minimum Gasteiger partial charge on any atom is -0.318 e. The number of nitrogens with one attached hydrogen (secondary N) is 1. The van der Waals surface area contributed by atoms with Gasteiger partial charge in [-0.05, 0) is 56.4 Å². The van der Waals surface area contributed by atoms with Crippen LogP contribution in [0.15, 0.2) is 35.4 Å². The molecule has 0 amide bonds. The van der Waals surface area contributed by atoms with Crippen molar-refractivity contribution in [2.24, 2.45) is 5.10 Å². The first-order chi connectivity index (χ1) is 11.5. The molecule has 0 radical (unpaired) electrons.